The molecule has 0 aliphatic heterocycles. The highest BCUT2D eigenvalue weighted by Crippen LogP contribution is 2.23. The third kappa shape index (κ3) is 4.99. The summed E-state index contributed by atoms with van der Waals surface area (Å²) < 4.78 is 5.68. The fourth-order valence-electron chi connectivity index (χ4n) is 3.96. The summed E-state index contributed by atoms with van der Waals surface area (Å²) in [5, 5.41) is 8.08. The summed E-state index contributed by atoms with van der Waals surface area (Å²) >= 11 is 6.19. The van der Waals surface area contributed by atoms with E-state index in [-0.39, 0.29) is 5.43 Å². The first-order valence-corrected chi connectivity index (χ1v) is 11.0. The fraction of sp³-hybridized carbons (Fsp3) is 0.435. The van der Waals surface area contributed by atoms with Crippen molar-refractivity contribution in [3.63, 3.8) is 0 Å². The van der Waals surface area contributed by atoms with Crippen LogP contribution in [-0.4, -0.2) is 36.1 Å². The lowest BCUT2D eigenvalue weighted by molar-refractivity contribution is 0.351. The Balaban J connectivity index is 1.32. The van der Waals surface area contributed by atoms with E-state index in [9.17, 15) is 4.79 Å². The van der Waals surface area contributed by atoms with Crippen molar-refractivity contribution < 1.29 is 4.42 Å². The van der Waals surface area contributed by atoms with Crippen LogP contribution in [0.5, 0.6) is 0 Å². The van der Waals surface area contributed by atoms with Crippen molar-refractivity contribution in [2.24, 2.45) is 0 Å². The van der Waals surface area contributed by atoms with E-state index in [4.69, 9.17) is 16.0 Å². The van der Waals surface area contributed by atoms with Crippen LogP contribution in [0, 0.1) is 6.92 Å². The van der Waals surface area contributed by atoms with Crippen LogP contribution in [0.4, 0.5) is 11.8 Å². The summed E-state index contributed by atoms with van der Waals surface area (Å²) in [6.07, 6.45) is 7.43. The minimum atomic E-state index is -0.0241. The topological polar surface area (TPSA) is 83.3 Å². The number of hydrogen-bond acceptors (Lipinski definition) is 7. The van der Waals surface area contributed by atoms with Crippen molar-refractivity contribution >= 4 is 34.3 Å². The minimum absolute atomic E-state index is 0.0241. The van der Waals surface area contributed by atoms with Gasteiger partial charge in [0.25, 0.3) is 0 Å². The van der Waals surface area contributed by atoms with Crippen LogP contribution in [0.1, 0.15) is 36.8 Å². The fourth-order valence-corrected chi connectivity index (χ4v) is 4.12. The maximum Gasteiger partial charge on any atom is 0.224 e. The van der Waals surface area contributed by atoms with E-state index in [0.29, 0.717) is 46.1 Å². The molecule has 0 saturated heterocycles. The maximum absolute atomic E-state index is 12.8. The van der Waals surface area contributed by atoms with Crippen LogP contribution in [0.15, 0.2) is 39.9 Å². The molecule has 0 bridgehead atoms. The molecule has 8 heteroatoms. The predicted molar refractivity (Wildman–Crippen MR) is 125 cm³/mol. The average molecular weight is 442 g/mol. The largest absolute Gasteiger partial charge is 0.464 e. The van der Waals surface area contributed by atoms with Crippen LogP contribution in [-0.2, 0) is 6.54 Å². The van der Waals surface area contributed by atoms with Gasteiger partial charge in [-0.25, -0.2) is 4.98 Å². The van der Waals surface area contributed by atoms with E-state index in [1.807, 2.05) is 38.1 Å². The van der Waals surface area contributed by atoms with Gasteiger partial charge in [0.15, 0.2) is 5.43 Å². The third-order valence-electron chi connectivity index (χ3n) is 5.87. The van der Waals surface area contributed by atoms with Crippen molar-refractivity contribution in [2.45, 2.75) is 51.2 Å². The van der Waals surface area contributed by atoms with Crippen LogP contribution in [0.25, 0.3) is 11.0 Å². The van der Waals surface area contributed by atoms with Gasteiger partial charge in [0.1, 0.15) is 11.4 Å². The number of aryl methyl sites for hydroxylation is 1. The second kappa shape index (κ2) is 9.24. The van der Waals surface area contributed by atoms with Gasteiger partial charge in [-0.2, -0.15) is 4.98 Å². The zero-order chi connectivity index (χ0) is 22.0. The van der Waals surface area contributed by atoms with Crippen LogP contribution < -0.4 is 21.0 Å². The Bertz CT molecular complexity index is 1120. The quantitative estimate of drug-likeness (QED) is 0.595. The van der Waals surface area contributed by atoms with E-state index in [1.165, 1.54) is 0 Å². The lowest BCUT2D eigenvalue weighted by Crippen LogP contribution is -2.37. The first-order valence-electron chi connectivity index (χ1n) is 10.6. The first kappa shape index (κ1) is 21.6. The Hall–Kier alpha value is -2.64. The lowest BCUT2D eigenvalue weighted by atomic mass is 9.91. The smallest absolute Gasteiger partial charge is 0.224 e. The summed E-state index contributed by atoms with van der Waals surface area (Å²) in [4.78, 5) is 23.7. The maximum atomic E-state index is 12.8. The van der Waals surface area contributed by atoms with Gasteiger partial charge in [0.05, 0.1) is 11.6 Å². The number of halogens is 1. The van der Waals surface area contributed by atoms with Gasteiger partial charge in [-0.1, -0.05) is 11.6 Å². The molecule has 1 aliphatic rings. The molecule has 1 saturated carbocycles. The Morgan fingerprint density at radius 2 is 1.94 bits per heavy atom. The SMILES string of the molecule is Cc1cc2occ(CN[C@H]3CC[C@@H](Nc4nccc(N(C)C)n4)CC3)c(=O)c2cc1Cl. The summed E-state index contributed by atoms with van der Waals surface area (Å²) in [7, 11) is 3.93. The summed E-state index contributed by atoms with van der Waals surface area (Å²) in [6, 6.07) is 6.12. The molecule has 0 atom stereocenters. The Morgan fingerprint density at radius 3 is 2.68 bits per heavy atom. The second-order valence-corrected chi connectivity index (χ2v) is 8.80. The van der Waals surface area contributed by atoms with Crippen molar-refractivity contribution in [3.05, 3.63) is 57.0 Å². The van der Waals surface area contributed by atoms with E-state index < -0.39 is 0 Å². The summed E-state index contributed by atoms with van der Waals surface area (Å²) in [5.41, 5.74) is 2.07. The average Bonchev–Trinajstić information content (AvgIpc) is 2.76. The third-order valence-corrected chi connectivity index (χ3v) is 6.27. The molecule has 0 radical (unpaired) electrons. The number of fused-ring (bicyclic) bond motifs is 1. The molecule has 7 nitrogen and oxygen atoms in total. The second-order valence-electron chi connectivity index (χ2n) is 8.39. The van der Waals surface area contributed by atoms with Crippen LogP contribution in [0.2, 0.25) is 5.02 Å². The van der Waals surface area contributed by atoms with Gasteiger partial charge in [0.2, 0.25) is 5.95 Å². The molecule has 4 rings (SSSR count). The molecular weight excluding hydrogens is 414 g/mol. The van der Waals surface area contributed by atoms with E-state index in [2.05, 4.69) is 20.6 Å². The molecule has 2 heterocycles. The highest BCUT2D eigenvalue weighted by atomic mass is 35.5. The highest BCUT2D eigenvalue weighted by molar-refractivity contribution is 6.32. The van der Waals surface area contributed by atoms with Gasteiger partial charge < -0.3 is 20.0 Å². The monoisotopic (exact) mass is 441 g/mol. The minimum Gasteiger partial charge on any atom is -0.464 e. The van der Waals surface area contributed by atoms with E-state index in [1.54, 1.807) is 18.5 Å². The zero-order valence-corrected chi connectivity index (χ0v) is 18.9. The zero-order valence-electron chi connectivity index (χ0n) is 18.1. The molecule has 1 fully saturated rings. The van der Waals surface area contributed by atoms with Gasteiger partial charge >= 0.3 is 0 Å². The molecule has 0 amide bonds. The summed E-state index contributed by atoms with van der Waals surface area (Å²) in [6.45, 7) is 2.38. The Morgan fingerprint density at radius 1 is 1.19 bits per heavy atom. The number of aromatic nitrogens is 2. The summed E-state index contributed by atoms with van der Waals surface area (Å²) in [5.74, 6) is 1.56. The van der Waals surface area contributed by atoms with Gasteiger partial charge in [-0.05, 0) is 56.4 Å². The van der Waals surface area contributed by atoms with Crippen LogP contribution in [0.3, 0.4) is 0 Å². The molecule has 2 aromatic heterocycles. The van der Waals surface area contributed by atoms with Crippen molar-refractivity contribution in [1.82, 2.24) is 15.3 Å². The first-order chi connectivity index (χ1) is 14.9. The molecule has 164 valence electrons. The number of anilines is 2. The van der Waals surface area contributed by atoms with Crippen molar-refractivity contribution in [1.29, 1.82) is 0 Å². The standard InChI is InChI=1S/C23H28ClN5O2/c1-14-10-20-18(11-19(14)24)22(30)15(13-31-20)12-26-16-4-6-17(7-5-16)27-23-25-9-8-21(28-23)29(2)3/h8-11,13,16-17,26H,4-7,12H2,1-3H3,(H,25,27,28)/t16-,17+. The van der Waals surface area contributed by atoms with Gasteiger partial charge in [0, 0.05) is 49.5 Å². The predicted octanol–water partition coefficient (Wildman–Crippen LogP) is 4.12. The molecule has 1 aromatic carbocycles. The Labute approximate surface area is 186 Å². The normalized spacial score (nSPS) is 18.8. The number of hydrogen-bond donors (Lipinski definition) is 2. The van der Waals surface area contributed by atoms with Crippen molar-refractivity contribution in [3.8, 4) is 0 Å². The Kier molecular flexibility index (Phi) is 6.43. The molecular formula is C23H28ClN5O2. The lowest BCUT2D eigenvalue weighted by Gasteiger charge is -2.30. The van der Waals surface area contributed by atoms with Gasteiger partial charge in [-0.15, -0.1) is 0 Å². The number of rotatable bonds is 6. The highest BCUT2D eigenvalue weighted by Gasteiger charge is 2.22. The molecule has 0 spiro atoms. The molecule has 1 aliphatic carbocycles. The van der Waals surface area contributed by atoms with Crippen LogP contribution >= 0.6 is 11.6 Å². The number of nitrogens with one attached hydrogen (secondary N) is 2. The molecule has 3 aromatic rings. The van der Waals surface area contributed by atoms with E-state index in [0.717, 1.165) is 37.1 Å². The molecule has 2 N–H and O–H groups in total. The molecule has 0 unspecified atom stereocenters. The van der Waals surface area contributed by atoms with Crippen molar-refractivity contribution in [2.75, 3.05) is 24.3 Å². The molecule has 31 heavy (non-hydrogen) atoms. The van der Waals surface area contributed by atoms with E-state index >= 15 is 0 Å². The number of nitrogens with zero attached hydrogens (tertiary/aromatic N) is 3. The number of benzene rings is 1. The van der Waals surface area contributed by atoms with Gasteiger partial charge in [-0.3, -0.25) is 4.79 Å².